The van der Waals surface area contributed by atoms with Crippen molar-refractivity contribution >= 4 is 69.2 Å². The van der Waals surface area contributed by atoms with Crippen LogP contribution in [0.25, 0.3) is 12.2 Å². The number of carboxylic acids is 1. The van der Waals surface area contributed by atoms with Crippen LogP contribution in [0.2, 0.25) is 0 Å². The largest absolute Gasteiger partial charge is 0.478 e. The fourth-order valence-corrected chi connectivity index (χ4v) is 3.81. The first-order chi connectivity index (χ1) is 14.4. The van der Waals surface area contributed by atoms with E-state index < -0.39 is 5.97 Å². The maximum absolute atomic E-state index is 12.0. The van der Waals surface area contributed by atoms with E-state index in [9.17, 15) is 9.59 Å². The van der Waals surface area contributed by atoms with Crippen molar-refractivity contribution < 1.29 is 14.7 Å². The normalized spacial score (nSPS) is 14.6. The first kappa shape index (κ1) is 24.5. The Morgan fingerprint density at radius 3 is 1.77 bits per heavy atom. The second-order valence-corrected chi connectivity index (χ2v) is 9.00. The zero-order valence-electron chi connectivity index (χ0n) is 16.7. The third kappa shape index (κ3) is 8.57. The maximum atomic E-state index is 12.0. The molecule has 1 heterocycles. The molecule has 7 heteroatoms. The topological polar surface area (TPSA) is 60.9 Å². The van der Waals surface area contributed by atoms with Crippen molar-refractivity contribution in [1.82, 2.24) is 9.80 Å². The van der Waals surface area contributed by atoms with Crippen LogP contribution in [0.3, 0.4) is 0 Å². The zero-order valence-corrected chi connectivity index (χ0v) is 21.0. The number of carbonyl (C=O) groups excluding carboxylic acids is 1. The average molecular weight is 630 g/mol. The summed E-state index contributed by atoms with van der Waals surface area (Å²) in [5.74, 6) is -0.808. The number of halogens is 2. The third-order valence-corrected chi connectivity index (χ3v) is 6.40. The molecule has 1 aliphatic rings. The first-order valence-electron chi connectivity index (χ1n) is 9.42. The number of carboxylic acid groups (broad SMARTS) is 1. The molecule has 1 saturated heterocycles. The highest BCUT2D eigenvalue weighted by Crippen LogP contribution is 2.14. The number of amides is 1. The molecule has 0 radical (unpaired) electrons. The van der Waals surface area contributed by atoms with Gasteiger partial charge < -0.3 is 14.9 Å². The molecule has 0 aliphatic carbocycles. The Bertz CT molecular complexity index is 920. The highest BCUT2D eigenvalue weighted by atomic mass is 127. The molecule has 0 unspecified atom stereocenters. The highest BCUT2D eigenvalue weighted by Gasteiger charge is 2.16. The Balaban J connectivity index is 0.000000232. The molecule has 1 fully saturated rings. The summed E-state index contributed by atoms with van der Waals surface area (Å²) in [7, 11) is 2.09. The van der Waals surface area contributed by atoms with E-state index in [0.717, 1.165) is 50.5 Å². The van der Waals surface area contributed by atoms with Crippen LogP contribution in [0.15, 0.2) is 60.7 Å². The number of hydrogen-bond donors (Lipinski definition) is 1. The van der Waals surface area contributed by atoms with Gasteiger partial charge in [0.25, 0.3) is 0 Å². The molecule has 1 aliphatic heterocycles. The Morgan fingerprint density at radius 2 is 1.30 bits per heavy atom. The Hall–Kier alpha value is -1.72. The molecule has 2 aromatic carbocycles. The summed E-state index contributed by atoms with van der Waals surface area (Å²) in [5, 5.41) is 8.38. The van der Waals surface area contributed by atoms with Crippen molar-refractivity contribution in [1.29, 1.82) is 0 Å². The fraction of sp³-hybridized carbons (Fsp3) is 0.217. The lowest BCUT2D eigenvalue weighted by atomic mass is 10.2. The van der Waals surface area contributed by atoms with Crippen molar-refractivity contribution in [2.75, 3.05) is 33.2 Å². The van der Waals surface area contributed by atoms with Crippen molar-refractivity contribution in [3.63, 3.8) is 0 Å². The summed E-state index contributed by atoms with van der Waals surface area (Å²) in [6.07, 6.45) is 6.31. The van der Waals surface area contributed by atoms with E-state index in [1.54, 1.807) is 12.2 Å². The molecule has 3 rings (SSSR count). The minimum absolute atomic E-state index is 0.114. The van der Waals surface area contributed by atoms with Crippen molar-refractivity contribution in [3.8, 4) is 0 Å². The molecule has 0 saturated carbocycles. The van der Waals surface area contributed by atoms with Crippen LogP contribution in [0, 0.1) is 7.14 Å². The SMILES string of the molecule is CN1CCN(C(=O)/C=C/c2ccccc2I)CC1.O=C(O)/C=C/c1ccccc1I. The minimum atomic E-state index is -0.922. The average Bonchev–Trinajstić information content (AvgIpc) is 2.73. The predicted molar refractivity (Wildman–Crippen MR) is 138 cm³/mol. The number of likely N-dealkylation sites (N-methyl/N-ethyl adjacent to an activating group) is 1. The number of hydrogen-bond acceptors (Lipinski definition) is 3. The van der Waals surface area contributed by atoms with Crippen LogP contribution in [-0.4, -0.2) is 60.0 Å². The van der Waals surface area contributed by atoms with E-state index >= 15 is 0 Å². The monoisotopic (exact) mass is 630 g/mol. The summed E-state index contributed by atoms with van der Waals surface area (Å²) in [5.41, 5.74) is 2.03. The summed E-state index contributed by atoms with van der Waals surface area (Å²) < 4.78 is 2.21. The highest BCUT2D eigenvalue weighted by molar-refractivity contribution is 14.1. The molecule has 0 atom stereocenters. The summed E-state index contributed by atoms with van der Waals surface area (Å²) >= 11 is 4.44. The second kappa shape index (κ2) is 12.9. The Kier molecular flexibility index (Phi) is 10.5. The maximum Gasteiger partial charge on any atom is 0.328 e. The lowest BCUT2D eigenvalue weighted by Gasteiger charge is -2.31. The van der Waals surface area contributed by atoms with E-state index in [2.05, 4.69) is 57.1 Å². The van der Waals surface area contributed by atoms with Gasteiger partial charge in [-0.3, -0.25) is 4.79 Å². The molecular formula is C23H24I2N2O3. The molecule has 158 valence electrons. The van der Waals surface area contributed by atoms with E-state index in [4.69, 9.17) is 5.11 Å². The van der Waals surface area contributed by atoms with Crippen molar-refractivity contribution in [3.05, 3.63) is 79.0 Å². The minimum Gasteiger partial charge on any atom is -0.478 e. The van der Waals surface area contributed by atoms with Gasteiger partial charge in [0.15, 0.2) is 0 Å². The fourth-order valence-electron chi connectivity index (χ4n) is 2.67. The number of benzene rings is 2. The van der Waals surface area contributed by atoms with Gasteiger partial charge in [-0.2, -0.15) is 0 Å². The van der Waals surface area contributed by atoms with E-state index in [1.807, 2.05) is 59.5 Å². The Labute approximate surface area is 204 Å². The van der Waals surface area contributed by atoms with E-state index in [1.165, 1.54) is 0 Å². The molecular weight excluding hydrogens is 606 g/mol. The van der Waals surface area contributed by atoms with Crippen molar-refractivity contribution in [2.45, 2.75) is 0 Å². The molecule has 2 aromatic rings. The smallest absolute Gasteiger partial charge is 0.328 e. The standard InChI is InChI=1S/C14H17IN2O.C9H7IO2/c1-16-8-10-17(11-9-16)14(18)7-6-12-4-2-3-5-13(12)15;10-8-4-2-1-3-7(8)5-6-9(11)12/h2-7H,8-11H2,1H3;1-6H,(H,11,12)/b7-6+;6-5+. The van der Waals surface area contributed by atoms with Gasteiger partial charge in [-0.25, -0.2) is 4.79 Å². The number of aliphatic carboxylic acids is 1. The quantitative estimate of drug-likeness (QED) is 0.401. The molecule has 0 bridgehead atoms. The van der Waals surface area contributed by atoms with E-state index in [0.29, 0.717) is 0 Å². The number of piperazine rings is 1. The summed E-state index contributed by atoms with van der Waals surface area (Å²) in [6, 6.07) is 15.7. The lowest BCUT2D eigenvalue weighted by Crippen LogP contribution is -2.46. The van der Waals surface area contributed by atoms with Gasteiger partial charge in [-0.05, 0) is 87.6 Å². The van der Waals surface area contributed by atoms with Gasteiger partial charge in [-0.15, -0.1) is 0 Å². The number of rotatable bonds is 4. The molecule has 0 spiro atoms. The van der Waals surface area contributed by atoms with E-state index in [-0.39, 0.29) is 5.91 Å². The third-order valence-electron chi connectivity index (χ3n) is 4.44. The van der Waals surface area contributed by atoms with Gasteiger partial charge in [-0.1, -0.05) is 36.4 Å². The number of nitrogens with zero attached hydrogens (tertiary/aromatic N) is 2. The molecule has 1 N–H and O–H groups in total. The summed E-state index contributed by atoms with van der Waals surface area (Å²) in [6.45, 7) is 3.57. The van der Waals surface area contributed by atoms with Crippen molar-refractivity contribution in [2.24, 2.45) is 0 Å². The van der Waals surface area contributed by atoms with Crippen LogP contribution < -0.4 is 0 Å². The van der Waals surface area contributed by atoms with Gasteiger partial charge >= 0.3 is 5.97 Å². The van der Waals surface area contributed by atoms with Gasteiger partial charge in [0.2, 0.25) is 5.91 Å². The van der Waals surface area contributed by atoms with Crippen LogP contribution in [0.1, 0.15) is 11.1 Å². The predicted octanol–water partition coefficient (Wildman–Crippen LogP) is 4.47. The summed E-state index contributed by atoms with van der Waals surface area (Å²) in [4.78, 5) is 26.4. The second-order valence-electron chi connectivity index (χ2n) is 6.68. The molecule has 5 nitrogen and oxygen atoms in total. The van der Waals surface area contributed by atoms with Crippen LogP contribution in [0.4, 0.5) is 0 Å². The lowest BCUT2D eigenvalue weighted by molar-refractivity contribution is -0.131. The Morgan fingerprint density at radius 1 is 0.833 bits per heavy atom. The number of carbonyl (C=O) groups is 2. The molecule has 0 aromatic heterocycles. The zero-order chi connectivity index (χ0) is 21.9. The molecule has 1 amide bonds. The molecule has 30 heavy (non-hydrogen) atoms. The van der Waals surface area contributed by atoms with Crippen LogP contribution >= 0.6 is 45.2 Å². The van der Waals surface area contributed by atoms with Gasteiger partial charge in [0.1, 0.15) is 0 Å². The first-order valence-corrected chi connectivity index (χ1v) is 11.6. The van der Waals surface area contributed by atoms with Crippen LogP contribution in [0.5, 0.6) is 0 Å². The van der Waals surface area contributed by atoms with Crippen LogP contribution in [-0.2, 0) is 9.59 Å². The van der Waals surface area contributed by atoms with Gasteiger partial charge in [0.05, 0.1) is 0 Å². The van der Waals surface area contributed by atoms with Gasteiger partial charge in [0, 0.05) is 45.5 Å².